The van der Waals surface area contributed by atoms with Gasteiger partial charge >= 0.3 is 0 Å². The third kappa shape index (κ3) is 3.31. The second kappa shape index (κ2) is 6.75. The number of nitrogens with zero attached hydrogens (tertiary/aromatic N) is 1. The number of benzene rings is 1. The summed E-state index contributed by atoms with van der Waals surface area (Å²) < 4.78 is 5.14. The number of ether oxygens (including phenoxy) is 1. The summed E-state index contributed by atoms with van der Waals surface area (Å²) in [5.41, 5.74) is 0.899. The molecule has 1 heterocycles. The number of piperidine rings is 1. The Morgan fingerprint density at radius 1 is 1.40 bits per heavy atom. The molecule has 1 aliphatic heterocycles. The van der Waals surface area contributed by atoms with Gasteiger partial charge in [-0.25, -0.2) is 0 Å². The Labute approximate surface area is 121 Å². The second-order valence-corrected chi connectivity index (χ2v) is 5.40. The van der Waals surface area contributed by atoms with E-state index in [-0.39, 0.29) is 11.9 Å². The number of carbonyl (C=O) groups is 1. The van der Waals surface area contributed by atoms with E-state index >= 15 is 0 Å². The average molecular weight is 276 g/mol. The molecule has 0 aromatic heterocycles. The zero-order valence-corrected chi connectivity index (χ0v) is 12.6. The molecule has 1 fully saturated rings. The van der Waals surface area contributed by atoms with Crippen molar-refractivity contribution in [2.24, 2.45) is 5.92 Å². The highest BCUT2D eigenvalue weighted by Gasteiger charge is 2.28. The summed E-state index contributed by atoms with van der Waals surface area (Å²) in [5.74, 6) is 1.61. The van der Waals surface area contributed by atoms with Crippen LogP contribution in [0.5, 0.6) is 5.75 Å². The van der Waals surface area contributed by atoms with Gasteiger partial charge in [0, 0.05) is 12.7 Å². The van der Waals surface area contributed by atoms with Gasteiger partial charge in [0.15, 0.2) is 0 Å². The first kappa shape index (κ1) is 14.9. The molecule has 1 N–H and O–H groups in total. The van der Waals surface area contributed by atoms with Crippen LogP contribution in [0, 0.1) is 5.92 Å². The molecule has 4 nitrogen and oxygen atoms in total. The van der Waals surface area contributed by atoms with Crippen molar-refractivity contribution >= 4 is 11.6 Å². The summed E-state index contributed by atoms with van der Waals surface area (Å²) in [6.07, 6.45) is 3.26. The lowest BCUT2D eigenvalue weighted by molar-refractivity contribution is -0.121. The standard InChI is InChI=1S/C16H24N2O2/c1-4-12-9-10-17-15(11-12)16(19)18(2)13-5-7-14(20-3)8-6-13/h5-8,12,15,17H,4,9-11H2,1-3H3. The van der Waals surface area contributed by atoms with Crippen molar-refractivity contribution in [3.05, 3.63) is 24.3 Å². The minimum absolute atomic E-state index is 0.0548. The van der Waals surface area contributed by atoms with Crippen LogP contribution in [0.15, 0.2) is 24.3 Å². The number of carbonyl (C=O) groups excluding carboxylic acids is 1. The molecule has 1 aliphatic rings. The van der Waals surface area contributed by atoms with E-state index in [2.05, 4.69) is 12.2 Å². The molecule has 1 amide bonds. The van der Waals surface area contributed by atoms with Gasteiger partial charge in [0.2, 0.25) is 5.91 Å². The van der Waals surface area contributed by atoms with Crippen LogP contribution in [0.25, 0.3) is 0 Å². The van der Waals surface area contributed by atoms with Crippen molar-refractivity contribution in [1.82, 2.24) is 5.32 Å². The normalized spacial score (nSPS) is 22.4. The molecular weight excluding hydrogens is 252 g/mol. The number of methoxy groups -OCH3 is 1. The molecule has 4 heteroatoms. The van der Waals surface area contributed by atoms with Gasteiger partial charge < -0.3 is 15.0 Å². The summed E-state index contributed by atoms with van der Waals surface area (Å²) in [4.78, 5) is 14.3. The second-order valence-electron chi connectivity index (χ2n) is 5.40. The van der Waals surface area contributed by atoms with Gasteiger partial charge in [0.1, 0.15) is 5.75 Å². The fourth-order valence-electron chi connectivity index (χ4n) is 2.72. The van der Waals surface area contributed by atoms with Gasteiger partial charge in [0.25, 0.3) is 0 Å². The first-order valence-electron chi connectivity index (χ1n) is 7.30. The Morgan fingerprint density at radius 2 is 2.10 bits per heavy atom. The Balaban J connectivity index is 2.03. The number of amides is 1. The lowest BCUT2D eigenvalue weighted by Gasteiger charge is -2.31. The Morgan fingerprint density at radius 3 is 2.70 bits per heavy atom. The van der Waals surface area contributed by atoms with E-state index in [4.69, 9.17) is 4.74 Å². The Hall–Kier alpha value is -1.55. The number of hydrogen-bond donors (Lipinski definition) is 1. The van der Waals surface area contributed by atoms with Gasteiger partial charge in [-0.1, -0.05) is 13.3 Å². The van der Waals surface area contributed by atoms with E-state index in [1.165, 1.54) is 6.42 Å². The first-order valence-corrected chi connectivity index (χ1v) is 7.30. The van der Waals surface area contributed by atoms with Crippen molar-refractivity contribution in [2.45, 2.75) is 32.2 Å². The summed E-state index contributed by atoms with van der Waals surface area (Å²) in [7, 11) is 3.47. The van der Waals surface area contributed by atoms with Gasteiger partial charge in [-0.3, -0.25) is 4.79 Å². The zero-order valence-electron chi connectivity index (χ0n) is 12.6. The Kier molecular flexibility index (Phi) is 5.01. The first-order chi connectivity index (χ1) is 9.65. The number of anilines is 1. The quantitative estimate of drug-likeness (QED) is 0.918. The van der Waals surface area contributed by atoms with Crippen molar-refractivity contribution in [3.8, 4) is 5.75 Å². The monoisotopic (exact) mass is 276 g/mol. The molecule has 1 aromatic rings. The molecule has 0 bridgehead atoms. The SMILES string of the molecule is CCC1CCNC(C(=O)N(C)c2ccc(OC)cc2)C1. The number of rotatable bonds is 4. The largest absolute Gasteiger partial charge is 0.497 e. The maximum atomic E-state index is 12.5. The molecule has 110 valence electrons. The van der Waals surface area contributed by atoms with Crippen LogP contribution in [-0.4, -0.2) is 32.7 Å². The van der Waals surface area contributed by atoms with Crippen molar-refractivity contribution in [2.75, 3.05) is 25.6 Å². The van der Waals surface area contributed by atoms with E-state index < -0.39 is 0 Å². The zero-order chi connectivity index (χ0) is 14.5. The van der Waals surface area contributed by atoms with E-state index in [0.717, 1.165) is 30.8 Å². The van der Waals surface area contributed by atoms with E-state index in [1.807, 2.05) is 31.3 Å². The van der Waals surface area contributed by atoms with Crippen LogP contribution in [0.3, 0.4) is 0 Å². The van der Waals surface area contributed by atoms with Gasteiger partial charge in [-0.2, -0.15) is 0 Å². The molecule has 0 aliphatic carbocycles. The summed E-state index contributed by atoms with van der Waals surface area (Å²) in [6.45, 7) is 3.13. The predicted octanol–water partition coefficient (Wildman–Crippen LogP) is 2.44. The molecule has 2 unspecified atom stereocenters. The third-order valence-corrected chi connectivity index (χ3v) is 4.18. The molecular formula is C16H24N2O2. The van der Waals surface area contributed by atoms with Crippen LogP contribution in [0.1, 0.15) is 26.2 Å². The number of nitrogens with one attached hydrogen (secondary N) is 1. The average Bonchev–Trinajstić information content (AvgIpc) is 2.53. The minimum Gasteiger partial charge on any atom is -0.497 e. The highest BCUT2D eigenvalue weighted by Crippen LogP contribution is 2.23. The summed E-state index contributed by atoms with van der Waals surface area (Å²) in [6, 6.07) is 7.53. The van der Waals surface area contributed by atoms with Crippen molar-refractivity contribution < 1.29 is 9.53 Å². The Bertz CT molecular complexity index is 444. The number of hydrogen-bond acceptors (Lipinski definition) is 3. The van der Waals surface area contributed by atoms with Crippen LogP contribution in [-0.2, 0) is 4.79 Å². The summed E-state index contributed by atoms with van der Waals surface area (Å²) in [5, 5.41) is 3.34. The molecule has 2 rings (SSSR count). The molecule has 0 spiro atoms. The fraction of sp³-hybridized carbons (Fsp3) is 0.562. The minimum atomic E-state index is -0.0548. The smallest absolute Gasteiger partial charge is 0.243 e. The van der Waals surface area contributed by atoms with E-state index in [9.17, 15) is 4.79 Å². The van der Waals surface area contributed by atoms with Crippen LogP contribution < -0.4 is 15.0 Å². The molecule has 0 saturated carbocycles. The van der Waals surface area contributed by atoms with Gasteiger partial charge in [0.05, 0.1) is 13.2 Å². The molecule has 2 atom stereocenters. The topological polar surface area (TPSA) is 41.6 Å². The molecule has 0 radical (unpaired) electrons. The van der Waals surface area contributed by atoms with Crippen LogP contribution >= 0.6 is 0 Å². The van der Waals surface area contributed by atoms with Gasteiger partial charge in [-0.15, -0.1) is 0 Å². The van der Waals surface area contributed by atoms with E-state index in [0.29, 0.717) is 5.92 Å². The molecule has 20 heavy (non-hydrogen) atoms. The fourth-order valence-corrected chi connectivity index (χ4v) is 2.72. The van der Waals surface area contributed by atoms with Crippen molar-refractivity contribution in [3.63, 3.8) is 0 Å². The maximum Gasteiger partial charge on any atom is 0.243 e. The molecule has 1 aromatic carbocycles. The van der Waals surface area contributed by atoms with E-state index in [1.54, 1.807) is 12.0 Å². The molecule has 1 saturated heterocycles. The lowest BCUT2D eigenvalue weighted by Crippen LogP contribution is -2.49. The highest BCUT2D eigenvalue weighted by atomic mass is 16.5. The maximum absolute atomic E-state index is 12.5. The third-order valence-electron chi connectivity index (χ3n) is 4.18. The highest BCUT2D eigenvalue weighted by molar-refractivity contribution is 5.96. The predicted molar refractivity (Wildman–Crippen MR) is 81.2 cm³/mol. The van der Waals surface area contributed by atoms with Crippen LogP contribution in [0.2, 0.25) is 0 Å². The lowest BCUT2D eigenvalue weighted by atomic mass is 9.90. The van der Waals surface area contributed by atoms with Crippen molar-refractivity contribution in [1.29, 1.82) is 0 Å². The van der Waals surface area contributed by atoms with Gasteiger partial charge in [-0.05, 0) is 49.6 Å². The van der Waals surface area contributed by atoms with Crippen LogP contribution in [0.4, 0.5) is 5.69 Å². The number of likely N-dealkylation sites (N-methyl/N-ethyl adjacent to an activating group) is 1. The summed E-state index contributed by atoms with van der Waals surface area (Å²) >= 11 is 0.